The van der Waals surface area contributed by atoms with Crippen LogP contribution in [0.2, 0.25) is 5.15 Å². The Hall–Kier alpha value is -0.640. The maximum Gasteiger partial charge on any atom is 0.129 e. The molecule has 14 heavy (non-hydrogen) atoms. The number of hydrogen-bond donors (Lipinski definition) is 2. The Bertz CT molecular complexity index is 316. The molecule has 2 rings (SSSR count). The van der Waals surface area contributed by atoms with Gasteiger partial charge in [-0.2, -0.15) is 0 Å². The molecule has 76 valence electrons. The van der Waals surface area contributed by atoms with Crippen LogP contribution < -0.4 is 11.1 Å². The van der Waals surface area contributed by atoms with E-state index in [1.165, 1.54) is 5.56 Å². The third kappa shape index (κ3) is 2.05. The molecule has 1 aromatic heterocycles. The van der Waals surface area contributed by atoms with E-state index in [9.17, 15) is 0 Å². The summed E-state index contributed by atoms with van der Waals surface area (Å²) in [6.07, 6.45) is 2.75. The molecular weight excluding hydrogens is 198 g/mol. The first-order chi connectivity index (χ1) is 6.77. The zero-order valence-electron chi connectivity index (χ0n) is 7.91. The zero-order chi connectivity index (χ0) is 9.97. The molecule has 0 saturated carbocycles. The second kappa shape index (κ2) is 4.26. The third-order valence-electron chi connectivity index (χ3n) is 2.71. The molecule has 1 saturated heterocycles. The molecule has 4 heteroatoms. The number of nitrogens with two attached hydrogens (primary N) is 1. The first-order valence-corrected chi connectivity index (χ1v) is 5.23. The Morgan fingerprint density at radius 3 is 3.14 bits per heavy atom. The third-order valence-corrected chi connectivity index (χ3v) is 2.92. The monoisotopic (exact) mass is 211 g/mol. The quantitative estimate of drug-likeness (QED) is 0.685. The maximum atomic E-state index is 6.06. The van der Waals surface area contributed by atoms with E-state index < -0.39 is 0 Å². The van der Waals surface area contributed by atoms with Crippen molar-refractivity contribution >= 4 is 11.6 Å². The van der Waals surface area contributed by atoms with Crippen molar-refractivity contribution in [3.63, 3.8) is 0 Å². The Balaban J connectivity index is 2.20. The molecule has 2 heterocycles. The largest absolute Gasteiger partial charge is 0.327 e. The summed E-state index contributed by atoms with van der Waals surface area (Å²) in [5, 5.41) is 3.88. The average molecular weight is 212 g/mol. The molecule has 0 amide bonds. The van der Waals surface area contributed by atoms with E-state index in [2.05, 4.69) is 10.3 Å². The van der Waals surface area contributed by atoms with Crippen LogP contribution >= 0.6 is 11.6 Å². The Morgan fingerprint density at radius 1 is 1.57 bits per heavy atom. The van der Waals surface area contributed by atoms with Gasteiger partial charge in [-0.3, -0.25) is 0 Å². The van der Waals surface area contributed by atoms with Crippen LogP contribution in [0.25, 0.3) is 0 Å². The predicted molar refractivity (Wildman–Crippen MR) is 57.5 cm³/mol. The zero-order valence-corrected chi connectivity index (χ0v) is 8.67. The van der Waals surface area contributed by atoms with E-state index in [4.69, 9.17) is 17.3 Å². The van der Waals surface area contributed by atoms with Crippen molar-refractivity contribution in [1.82, 2.24) is 10.3 Å². The van der Waals surface area contributed by atoms with Crippen LogP contribution in [0.4, 0.5) is 0 Å². The van der Waals surface area contributed by atoms with Gasteiger partial charge in [0.25, 0.3) is 0 Å². The van der Waals surface area contributed by atoms with Crippen LogP contribution in [0.3, 0.4) is 0 Å². The normalized spacial score (nSPS) is 27.6. The lowest BCUT2D eigenvalue weighted by atomic mass is 9.88. The number of hydrogen-bond acceptors (Lipinski definition) is 3. The van der Waals surface area contributed by atoms with Gasteiger partial charge in [0.2, 0.25) is 0 Å². The van der Waals surface area contributed by atoms with Crippen LogP contribution in [-0.4, -0.2) is 24.1 Å². The summed E-state index contributed by atoms with van der Waals surface area (Å²) in [5.74, 6) is 0.365. The molecule has 1 aliphatic rings. The maximum absolute atomic E-state index is 6.06. The molecule has 0 aliphatic carbocycles. The van der Waals surface area contributed by atoms with Gasteiger partial charge in [0.05, 0.1) is 0 Å². The van der Waals surface area contributed by atoms with Gasteiger partial charge in [0, 0.05) is 24.7 Å². The Morgan fingerprint density at radius 2 is 2.43 bits per heavy atom. The molecule has 2 atom stereocenters. The van der Waals surface area contributed by atoms with Gasteiger partial charge >= 0.3 is 0 Å². The number of rotatable bonds is 1. The lowest BCUT2D eigenvalue weighted by Crippen LogP contribution is -2.43. The standard InChI is InChI=1S/C10H14ClN3/c11-10-5-7(1-4-14-10)8-6-13-3-2-9(8)12/h1,4-5,8-9,13H,2-3,6,12H2. The van der Waals surface area contributed by atoms with E-state index in [1.54, 1.807) is 6.20 Å². The summed E-state index contributed by atoms with van der Waals surface area (Å²) in [4.78, 5) is 3.96. The van der Waals surface area contributed by atoms with Crippen LogP contribution in [0, 0.1) is 0 Å². The summed E-state index contributed by atoms with van der Waals surface area (Å²) in [6.45, 7) is 1.94. The van der Waals surface area contributed by atoms with Gasteiger partial charge in [-0.25, -0.2) is 4.98 Å². The van der Waals surface area contributed by atoms with Crippen LogP contribution in [0.15, 0.2) is 18.3 Å². The molecule has 3 N–H and O–H groups in total. The van der Waals surface area contributed by atoms with E-state index in [1.807, 2.05) is 12.1 Å². The van der Waals surface area contributed by atoms with Crippen molar-refractivity contribution in [3.8, 4) is 0 Å². The van der Waals surface area contributed by atoms with Crippen molar-refractivity contribution in [2.24, 2.45) is 5.73 Å². The van der Waals surface area contributed by atoms with Gasteiger partial charge < -0.3 is 11.1 Å². The summed E-state index contributed by atoms with van der Waals surface area (Å²) in [6, 6.07) is 4.12. The predicted octanol–water partition coefficient (Wildman–Crippen LogP) is 1.14. The minimum absolute atomic E-state index is 0.231. The fourth-order valence-electron chi connectivity index (χ4n) is 1.89. The van der Waals surface area contributed by atoms with Gasteiger partial charge in [0.15, 0.2) is 0 Å². The van der Waals surface area contributed by atoms with E-state index >= 15 is 0 Å². The van der Waals surface area contributed by atoms with Crippen LogP contribution in [0.1, 0.15) is 17.9 Å². The molecule has 0 radical (unpaired) electrons. The number of pyridine rings is 1. The van der Waals surface area contributed by atoms with Crippen LogP contribution in [-0.2, 0) is 0 Å². The highest BCUT2D eigenvalue weighted by Gasteiger charge is 2.23. The SMILES string of the molecule is NC1CCNCC1c1ccnc(Cl)c1. The molecule has 0 spiro atoms. The Kier molecular flexibility index (Phi) is 3.01. The highest BCUT2D eigenvalue weighted by atomic mass is 35.5. The molecule has 0 aromatic carbocycles. The molecule has 0 bridgehead atoms. The van der Waals surface area contributed by atoms with Crippen molar-refractivity contribution < 1.29 is 0 Å². The molecule has 2 unspecified atom stereocenters. The van der Waals surface area contributed by atoms with Gasteiger partial charge in [-0.15, -0.1) is 0 Å². The number of nitrogens with one attached hydrogen (secondary N) is 1. The smallest absolute Gasteiger partial charge is 0.129 e. The molecular formula is C10H14ClN3. The molecule has 1 aliphatic heterocycles. The molecule has 1 aromatic rings. The summed E-state index contributed by atoms with van der Waals surface area (Å²) in [5.41, 5.74) is 7.24. The Labute approximate surface area is 88.7 Å². The van der Waals surface area contributed by atoms with E-state index in [0.717, 1.165) is 19.5 Å². The van der Waals surface area contributed by atoms with Gasteiger partial charge in [-0.1, -0.05) is 11.6 Å². The highest BCUT2D eigenvalue weighted by molar-refractivity contribution is 6.29. The van der Waals surface area contributed by atoms with Gasteiger partial charge in [0.1, 0.15) is 5.15 Å². The minimum atomic E-state index is 0.231. The van der Waals surface area contributed by atoms with Crippen LogP contribution in [0.5, 0.6) is 0 Å². The summed E-state index contributed by atoms with van der Waals surface area (Å²) < 4.78 is 0. The fraction of sp³-hybridized carbons (Fsp3) is 0.500. The molecule has 1 fully saturated rings. The first-order valence-electron chi connectivity index (χ1n) is 4.85. The average Bonchev–Trinajstić information content (AvgIpc) is 2.18. The second-order valence-corrected chi connectivity index (χ2v) is 4.06. The minimum Gasteiger partial charge on any atom is -0.327 e. The number of halogens is 1. The van der Waals surface area contributed by atoms with Crippen molar-refractivity contribution in [2.45, 2.75) is 18.4 Å². The summed E-state index contributed by atoms with van der Waals surface area (Å²) in [7, 11) is 0. The second-order valence-electron chi connectivity index (χ2n) is 3.68. The lowest BCUT2D eigenvalue weighted by molar-refractivity contribution is 0.403. The van der Waals surface area contributed by atoms with E-state index in [-0.39, 0.29) is 6.04 Å². The number of nitrogens with zero attached hydrogens (tertiary/aromatic N) is 1. The lowest BCUT2D eigenvalue weighted by Gasteiger charge is -2.29. The van der Waals surface area contributed by atoms with Crippen molar-refractivity contribution in [2.75, 3.05) is 13.1 Å². The van der Waals surface area contributed by atoms with Crippen molar-refractivity contribution in [1.29, 1.82) is 0 Å². The van der Waals surface area contributed by atoms with Gasteiger partial charge in [-0.05, 0) is 30.7 Å². The number of aromatic nitrogens is 1. The first kappa shape index (κ1) is 9.90. The molecule has 3 nitrogen and oxygen atoms in total. The topological polar surface area (TPSA) is 50.9 Å². The highest BCUT2D eigenvalue weighted by Crippen LogP contribution is 2.23. The summed E-state index contributed by atoms with van der Waals surface area (Å²) >= 11 is 5.84. The number of piperidine rings is 1. The fourth-order valence-corrected chi connectivity index (χ4v) is 2.07. The van der Waals surface area contributed by atoms with Crippen molar-refractivity contribution in [3.05, 3.63) is 29.0 Å². The van der Waals surface area contributed by atoms with E-state index in [0.29, 0.717) is 11.1 Å².